The Balaban J connectivity index is 1.98. The minimum absolute atomic E-state index is 0.0444. The third-order valence-electron chi connectivity index (χ3n) is 4.42. The summed E-state index contributed by atoms with van der Waals surface area (Å²) >= 11 is 0. The first-order valence-corrected chi connectivity index (χ1v) is 9.40. The number of hydrogen-bond acceptors (Lipinski definition) is 5. The topological polar surface area (TPSA) is 41.5 Å². The Morgan fingerprint density at radius 3 is 2.03 bits per heavy atom. The van der Waals surface area contributed by atoms with E-state index in [4.69, 9.17) is 4.74 Å². The normalized spacial score (nSPS) is 11.5. The molecule has 0 aliphatic carbocycles. The predicted molar refractivity (Wildman–Crippen MR) is 112 cm³/mol. The number of benzene rings is 2. The second-order valence-electron chi connectivity index (χ2n) is 7.02. The maximum Gasteiger partial charge on any atom is 0.421 e. The van der Waals surface area contributed by atoms with E-state index in [1.54, 1.807) is 73.6 Å². The molecule has 0 saturated heterocycles. The second kappa shape index (κ2) is 8.61. The van der Waals surface area contributed by atoms with Crippen LogP contribution in [0.5, 0.6) is 5.75 Å². The highest BCUT2D eigenvalue weighted by Crippen LogP contribution is 2.38. The van der Waals surface area contributed by atoms with E-state index in [0.29, 0.717) is 11.4 Å². The van der Waals surface area contributed by atoms with Gasteiger partial charge >= 0.3 is 6.18 Å². The van der Waals surface area contributed by atoms with E-state index in [0.717, 1.165) is 11.9 Å². The van der Waals surface area contributed by atoms with Crippen molar-refractivity contribution in [3.63, 3.8) is 0 Å². The van der Waals surface area contributed by atoms with Gasteiger partial charge in [-0.25, -0.2) is 4.98 Å². The van der Waals surface area contributed by atoms with Crippen LogP contribution in [0.1, 0.15) is 19.4 Å². The molecule has 3 rings (SSSR count). The highest BCUT2D eigenvalue weighted by Gasteiger charge is 2.36. The molecule has 3 aromatic rings. The van der Waals surface area contributed by atoms with E-state index >= 15 is 0 Å². The van der Waals surface area contributed by atoms with Gasteiger partial charge in [-0.2, -0.15) is 18.2 Å². The van der Waals surface area contributed by atoms with Crippen LogP contribution in [0, 0.1) is 0 Å². The van der Waals surface area contributed by atoms with E-state index in [1.807, 2.05) is 13.8 Å². The van der Waals surface area contributed by atoms with E-state index in [1.165, 1.54) is 4.90 Å². The summed E-state index contributed by atoms with van der Waals surface area (Å²) in [4.78, 5) is 11.2. The maximum absolute atomic E-state index is 13.6. The Labute approximate surface area is 173 Å². The number of aromatic nitrogens is 2. The molecule has 0 spiro atoms. The van der Waals surface area contributed by atoms with Crippen molar-refractivity contribution in [2.24, 2.45) is 0 Å². The number of halogens is 3. The van der Waals surface area contributed by atoms with Gasteiger partial charge in [-0.3, -0.25) is 0 Å². The fourth-order valence-corrected chi connectivity index (χ4v) is 2.89. The Bertz CT molecular complexity index is 976. The van der Waals surface area contributed by atoms with Crippen molar-refractivity contribution in [3.05, 3.63) is 66.4 Å². The van der Waals surface area contributed by atoms with Crippen molar-refractivity contribution in [3.8, 4) is 5.75 Å². The molecular formula is C22H23F3N4O. The molecule has 0 radical (unpaired) electrons. The van der Waals surface area contributed by atoms with Crippen molar-refractivity contribution in [1.29, 1.82) is 0 Å². The minimum Gasteiger partial charge on any atom is -0.491 e. The van der Waals surface area contributed by atoms with Gasteiger partial charge in [0.2, 0.25) is 5.95 Å². The third-order valence-corrected chi connectivity index (χ3v) is 4.42. The zero-order chi connectivity index (χ0) is 21.9. The molecule has 0 unspecified atom stereocenters. The van der Waals surface area contributed by atoms with Crippen molar-refractivity contribution < 1.29 is 17.9 Å². The third kappa shape index (κ3) is 4.82. The number of para-hydroxylation sites is 1. The van der Waals surface area contributed by atoms with Crippen LogP contribution >= 0.6 is 0 Å². The van der Waals surface area contributed by atoms with Crippen molar-refractivity contribution in [2.75, 3.05) is 23.9 Å². The molecule has 5 nitrogen and oxygen atoms in total. The van der Waals surface area contributed by atoms with Crippen LogP contribution in [0.25, 0.3) is 0 Å². The van der Waals surface area contributed by atoms with Gasteiger partial charge in [0.15, 0.2) is 5.82 Å². The summed E-state index contributed by atoms with van der Waals surface area (Å²) in [5, 5.41) is 0. The highest BCUT2D eigenvalue weighted by atomic mass is 19.4. The lowest BCUT2D eigenvalue weighted by molar-refractivity contribution is -0.137. The van der Waals surface area contributed by atoms with Gasteiger partial charge in [0, 0.05) is 31.7 Å². The van der Waals surface area contributed by atoms with Gasteiger partial charge in [0.05, 0.1) is 6.10 Å². The zero-order valence-electron chi connectivity index (χ0n) is 17.2. The molecule has 0 saturated carbocycles. The standard InChI is InChI=1S/C22H23F3N4O/c1-15(2)30-18-12-10-17(11-13-18)29(4)21-26-14-19(22(23,24)25)20(27-21)28(3)16-8-6-5-7-9-16/h5-15H,1-4H3. The van der Waals surface area contributed by atoms with Gasteiger partial charge in [-0.05, 0) is 50.2 Å². The molecule has 0 amide bonds. The number of ether oxygens (including phenoxy) is 1. The van der Waals surface area contributed by atoms with Crippen LogP contribution in [0.2, 0.25) is 0 Å². The average Bonchev–Trinajstić information content (AvgIpc) is 2.72. The van der Waals surface area contributed by atoms with Crippen LogP contribution < -0.4 is 14.5 Å². The van der Waals surface area contributed by atoms with Crippen LogP contribution in [-0.2, 0) is 6.18 Å². The smallest absolute Gasteiger partial charge is 0.421 e. The number of anilines is 4. The molecule has 0 atom stereocenters. The minimum atomic E-state index is -4.58. The SMILES string of the molecule is CC(C)Oc1ccc(N(C)c2ncc(C(F)(F)F)c(N(C)c3ccccc3)n2)cc1. The molecule has 158 valence electrons. The van der Waals surface area contributed by atoms with Gasteiger partial charge in [-0.15, -0.1) is 0 Å². The van der Waals surface area contributed by atoms with Crippen molar-refractivity contribution in [1.82, 2.24) is 9.97 Å². The molecular weight excluding hydrogens is 393 g/mol. The Morgan fingerprint density at radius 2 is 1.47 bits per heavy atom. The van der Waals surface area contributed by atoms with Crippen molar-refractivity contribution >= 4 is 23.1 Å². The highest BCUT2D eigenvalue weighted by molar-refractivity contribution is 5.65. The molecule has 0 N–H and O–H groups in total. The number of hydrogen-bond donors (Lipinski definition) is 0. The molecule has 0 fully saturated rings. The lowest BCUT2D eigenvalue weighted by Gasteiger charge is -2.25. The quantitative estimate of drug-likeness (QED) is 0.507. The number of alkyl halides is 3. The number of nitrogens with zero attached hydrogens (tertiary/aromatic N) is 4. The predicted octanol–water partition coefficient (Wildman–Crippen LogP) is 5.82. The molecule has 2 aromatic carbocycles. The van der Waals surface area contributed by atoms with E-state index in [-0.39, 0.29) is 17.9 Å². The van der Waals surface area contributed by atoms with Gasteiger partial charge < -0.3 is 14.5 Å². The Kier molecular flexibility index (Phi) is 6.14. The van der Waals surface area contributed by atoms with E-state index < -0.39 is 11.7 Å². The lowest BCUT2D eigenvalue weighted by Crippen LogP contribution is -2.21. The second-order valence-corrected chi connectivity index (χ2v) is 7.02. The largest absolute Gasteiger partial charge is 0.491 e. The van der Waals surface area contributed by atoms with Crippen LogP contribution in [-0.4, -0.2) is 30.2 Å². The van der Waals surface area contributed by atoms with Crippen LogP contribution in [0.3, 0.4) is 0 Å². The summed E-state index contributed by atoms with van der Waals surface area (Å²) in [5.74, 6) is 0.642. The molecule has 0 bridgehead atoms. The summed E-state index contributed by atoms with van der Waals surface area (Å²) in [6.45, 7) is 3.86. The fourth-order valence-electron chi connectivity index (χ4n) is 2.89. The summed E-state index contributed by atoms with van der Waals surface area (Å²) in [6.07, 6.45) is -3.71. The maximum atomic E-state index is 13.6. The summed E-state index contributed by atoms with van der Waals surface area (Å²) < 4.78 is 46.4. The summed E-state index contributed by atoms with van der Waals surface area (Å²) in [7, 11) is 3.25. The van der Waals surface area contributed by atoms with Crippen LogP contribution in [0.4, 0.5) is 36.3 Å². The fraction of sp³-hybridized carbons (Fsp3) is 0.273. The van der Waals surface area contributed by atoms with Gasteiger partial charge in [0.1, 0.15) is 11.3 Å². The van der Waals surface area contributed by atoms with E-state index in [9.17, 15) is 13.2 Å². The van der Waals surface area contributed by atoms with E-state index in [2.05, 4.69) is 9.97 Å². The first-order chi connectivity index (χ1) is 14.2. The molecule has 1 aromatic heterocycles. The summed E-state index contributed by atoms with van der Waals surface area (Å²) in [5.41, 5.74) is 0.413. The first-order valence-electron chi connectivity index (χ1n) is 9.40. The molecule has 1 heterocycles. The Morgan fingerprint density at radius 1 is 0.867 bits per heavy atom. The van der Waals surface area contributed by atoms with Gasteiger partial charge in [0.25, 0.3) is 0 Å². The lowest BCUT2D eigenvalue weighted by atomic mass is 10.2. The zero-order valence-corrected chi connectivity index (χ0v) is 17.2. The first kappa shape index (κ1) is 21.4. The molecule has 8 heteroatoms. The number of rotatable bonds is 6. The molecule has 30 heavy (non-hydrogen) atoms. The van der Waals surface area contributed by atoms with Crippen LogP contribution in [0.15, 0.2) is 60.8 Å². The van der Waals surface area contributed by atoms with Gasteiger partial charge in [-0.1, -0.05) is 18.2 Å². The Hall–Kier alpha value is -3.29. The summed E-state index contributed by atoms with van der Waals surface area (Å²) in [6, 6.07) is 16.0. The van der Waals surface area contributed by atoms with Crippen molar-refractivity contribution in [2.45, 2.75) is 26.1 Å². The molecule has 0 aliphatic rings. The molecule has 0 aliphatic heterocycles. The monoisotopic (exact) mass is 416 g/mol. The average molecular weight is 416 g/mol.